The minimum absolute atomic E-state index is 0.512. The molecule has 1 rings (SSSR count). The zero-order chi connectivity index (χ0) is 8.81. The van der Waals surface area contributed by atoms with E-state index in [1.54, 1.807) is 0 Å². The molecule has 2 nitrogen and oxygen atoms in total. The smallest absolute Gasteiger partial charge is 0.142 e. The van der Waals surface area contributed by atoms with E-state index in [4.69, 9.17) is 16.3 Å². The summed E-state index contributed by atoms with van der Waals surface area (Å²) in [7, 11) is 1.86. The Hall–Kier alpha value is -0.890. The molecule has 3 heteroatoms. The molecule has 0 bridgehead atoms. The van der Waals surface area contributed by atoms with Crippen LogP contribution in [0.4, 0.5) is 5.69 Å². The van der Waals surface area contributed by atoms with Gasteiger partial charge in [0.05, 0.1) is 11.6 Å². The first-order valence-corrected chi connectivity index (χ1v) is 4.37. The summed E-state index contributed by atoms with van der Waals surface area (Å²) in [6.45, 7) is 0.542. The van der Waals surface area contributed by atoms with Crippen molar-refractivity contribution in [3.8, 4) is 5.75 Å². The lowest BCUT2D eigenvalue weighted by molar-refractivity contribution is 0.344. The number of alkyl halides is 1. The van der Waals surface area contributed by atoms with E-state index < -0.39 is 0 Å². The Bertz CT molecular complexity index is 240. The van der Waals surface area contributed by atoms with E-state index in [-0.39, 0.29) is 0 Å². The van der Waals surface area contributed by atoms with Crippen molar-refractivity contribution in [3.05, 3.63) is 24.3 Å². The Morgan fingerprint density at radius 3 is 2.83 bits per heavy atom. The van der Waals surface area contributed by atoms with Gasteiger partial charge < -0.3 is 10.1 Å². The van der Waals surface area contributed by atoms with Gasteiger partial charge in [-0.05, 0) is 12.1 Å². The van der Waals surface area contributed by atoms with Crippen molar-refractivity contribution in [2.75, 3.05) is 24.9 Å². The van der Waals surface area contributed by atoms with Crippen LogP contribution in [-0.4, -0.2) is 19.5 Å². The van der Waals surface area contributed by atoms with Gasteiger partial charge in [-0.25, -0.2) is 0 Å². The highest BCUT2D eigenvalue weighted by Gasteiger charge is 1.98. The van der Waals surface area contributed by atoms with Crippen molar-refractivity contribution in [1.82, 2.24) is 0 Å². The van der Waals surface area contributed by atoms with Crippen LogP contribution in [0.5, 0.6) is 5.75 Å². The number of nitrogens with one attached hydrogen (secondary N) is 1. The van der Waals surface area contributed by atoms with Gasteiger partial charge in [-0.1, -0.05) is 12.1 Å². The third-order valence-electron chi connectivity index (χ3n) is 1.49. The second kappa shape index (κ2) is 4.88. The number of anilines is 1. The van der Waals surface area contributed by atoms with E-state index in [1.165, 1.54) is 0 Å². The number of benzene rings is 1. The van der Waals surface area contributed by atoms with Gasteiger partial charge in [0.2, 0.25) is 0 Å². The molecule has 1 aromatic rings. The fraction of sp³-hybridized carbons (Fsp3) is 0.333. The topological polar surface area (TPSA) is 21.3 Å². The lowest BCUT2D eigenvalue weighted by Gasteiger charge is -2.08. The molecular formula is C9H12ClNO. The number of hydrogen-bond donors (Lipinski definition) is 1. The van der Waals surface area contributed by atoms with Crippen molar-refractivity contribution >= 4 is 17.3 Å². The van der Waals surface area contributed by atoms with Crippen LogP contribution in [0.15, 0.2) is 24.3 Å². The maximum absolute atomic E-state index is 5.50. The summed E-state index contributed by atoms with van der Waals surface area (Å²) >= 11 is 5.50. The fourth-order valence-corrected chi connectivity index (χ4v) is 1.02. The van der Waals surface area contributed by atoms with E-state index in [0.29, 0.717) is 12.5 Å². The fourth-order valence-electron chi connectivity index (χ4n) is 0.948. The molecule has 0 atom stereocenters. The van der Waals surface area contributed by atoms with Crippen LogP contribution >= 0.6 is 11.6 Å². The lowest BCUT2D eigenvalue weighted by atomic mass is 10.3. The molecule has 0 aliphatic rings. The summed E-state index contributed by atoms with van der Waals surface area (Å²) in [5.41, 5.74) is 0.989. The monoisotopic (exact) mass is 185 g/mol. The second-order valence-electron chi connectivity index (χ2n) is 2.28. The van der Waals surface area contributed by atoms with Gasteiger partial charge in [-0.3, -0.25) is 0 Å². The highest BCUT2D eigenvalue weighted by molar-refractivity contribution is 6.18. The van der Waals surface area contributed by atoms with E-state index in [2.05, 4.69) is 5.32 Å². The molecule has 12 heavy (non-hydrogen) atoms. The molecule has 1 N–H and O–H groups in total. The summed E-state index contributed by atoms with van der Waals surface area (Å²) < 4.78 is 5.38. The van der Waals surface area contributed by atoms with Crippen LogP contribution < -0.4 is 10.1 Å². The first-order valence-electron chi connectivity index (χ1n) is 3.84. The molecular weight excluding hydrogens is 174 g/mol. The van der Waals surface area contributed by atoms with Crippen LogP contribution in [0.3, 0.4) is 0 Å². The quantitative estimate of drug-likeness (QED) is 0.728. The minimum Gasteiger partial charge on any atom is -0.490 e. The molecule has 1 aromatic carbocycles. The molecule has 0 aromatic heterocycles. The minimum atomic E-state index is 0.512. The van der Waals surface area contributed by atoms with E-state index in [0.717, 1.165) is 11.4 Å². The first kappa shape index (κ1) is 9.20. The number of halogens is 1. The van der Waals surface area contributed by atoms with Crippen molar-refractivity contribution in [2.24, 2.45) is 0 Å². The van der Waals surface area contributed by atoms with E-state index in [9.17, 15) is 0 Å². The Morgan fingerprint density at radius 2 is 2.17 bits per heavy atom. The summed E-state index contributed by atoms with van der Waals surface area (Å²) in [6.07, 6.45) is 0. The standard InChI is InChI=1S/C9H12ClNO/c1-11-8-4-2-3-5-9(8)12-7-6-10/h2-5,11H,6-7H2,1H3. The average molecular weight is 186 g/mol. The zero-order valence-corrected chi connectivity index (χ0v) is 7.77. The molecule has 0 amide bonds. The van der Waals surface area contributed by atoms with Crippen molar-refractivity contribution < 1.29 is 4.74 Å². The largest absolute Gasteiger partial charge is 0.490 e. The van der Waals surface area contributed by atoms with E-state index >= 15 is 0 Å². The molecule has 0 unspecified atom stereocenters. The Balaban J connectivity index is 2.68. The molecule has 0 aliphatic heterocycles. The van der Waals surface area contributed by atoms with Crippen LogP contribution in [0, 0.1) is 0 Å². The van der Waals surface area contributed by atoms with Gasteiger partial charge in [0.15, 0.2) is 0 Å². The number of rotatable bonds is 4. The predicted molar refractivity (Wildman–Crippen MR) is 52.2 cm³/mol. The van der Waals surface area contributed by atoms with Crippen LogP contribution in [0.1, 0.15) is 0 Å². The third kappa shape index (κ3) is 2.31. The molecule has 66 valence electrons. The molecule has 0 saturated heterocycles. The zero-order valence-electron chi connectivity index (χ0n) is 7.01. The van der Waals surface area contributed by atoms with Gasteiger partial charge in [0, 0.05) is 7.05 Å². The molecule has 0 heterocycles. The predicted octanol–water partition coefficient (Wildman–Crippen LogP) is 2.35. The van der Waals surface area contributed by atoms with Crippen LogP contribution in [0.2, 0.25) is 0 Å². The summed E-state index contributed by atoms with van der Waals surface area (Å²) in [5.74, 6) is 1.36. The van der Waals surface area contributed by atoms with E-state index in [1.807, 2.05) is 31.3 Å². The SMILES string of the molecule is CNc1ccccc1OCCCl. The number of ether oxygens (including phenoxy) is 1. The normalized spacial score (nSPS) is 9.50. The van der Waals surface area contributed by atoms with Crippen LogP contribution in [-0.2, 0) is 0 Å². The van der Waals surface area contributed by atoms with Gasteiger partial charge in [-0.15, -0.1) is 11.6 Å². The third-order valence-corrected chi connectivity index (χ3v) is 1.65. The lowest BCUT2D eigenvalue weighted by Crippen LogP contribution is -2.00. The summed E-state index contributed by atoms with van der Waals surface area (Å²) in [5, 5.41) is 3.04. The molecule has 0 saturated carbocycles. The number of hydrogen-bond acceptors (Lipinski definition) is 2. The molecule has 0 fully saturated rings. The summed E-state index contributed by atoms with van der Waals surface area (Å²) in [4.78, 5) is 0. The van der Waals surface area contributed by atoms with Crippen molar-refractivity contribution in [3.63, 3.8) is 0 Å². The first-order chi connectivity index (χ1) is 5.88. The summed E-state index contributed by atoms with van der Waals surface area (Å²) in [6, 6.07) is 7.77. The Kier molecular flexibility index (Phi) is 3.74. The van der Waals surface area contributed by atoms with Crippen molar-refractivity contribution in [2.45, 2.75) is 0 Å². The Morgan fingerprint density at radius 1 is 1.42 bits per heavy atom. The van der Waals surface area contributed by atoms with Gasteiger partial charge >= 0.3 is 0 Å². The van der Waals surface area contributed by atoms with Crippen molar-refractivity contribution in [1.29, 1.82) is 0 Å². The highest BCUT2D eigenvalue weighted by atomic mass is 35.5. The maximum atomic E-state index is 5.50. The molecule has 0 radical (unpaired) electrons. The highest BCUT2D eigenvalue weighted by Crippen LogP contribution is 2.22. The van der Waals surface area contributed by atoms with Gasteiger partial charge in [-0.2, -0.15) is 0 Å². The second-order valence-corrected chi connectivity index (χ2v) is 2.66. The molecule has 0 spiro atoms. The average Bonchev–Trinajstić information content (AvgIpc) is 2.15. The van der Waals surface area contributed by atoms with Crippen LogP contribution in [0.25, 0.3) is 0 Å². The molecule has 0 aliphatic carbocycles. The number of para-hydroxylation sites is 2. The Labute approximate surface area is 77.5 Å². The van der Waals surface area contributed by atoms with Gasteiger partial charge in [0.25, 0.3) is 0 Å². The maximum Gasteiger partial charge on any atom is 0.142 e. The van der Waals surface area contributed by atoms with Gasteiger partial charge in [0.1, 0.15) is 12.4 Å².